The highest BCUT2D eigenvalue weighted by Gasteiger charge is 2.31. The number of amides is 1. The lowest BCUT2D eigenvalue weighted by Crippen LogP contribution is -2.45. The molecule has 0 fully saturated rings. The zero-order chi connectivity index (χ0) is 21.0. The van der Waals surface area contributed by atoms with E-state index in [1.165, 1.54) is 16.2 Å². The van der Waals surface area contributed by atoms with Gasteiger partial charge in [0.05, 0.1) is 25.6 Å². The molecule has 9 heteroatoms. The highest BCUT2D eigenvalue weighted by Crippen LogP contribution is 2.28. The summed E-state index contributed by atoms with van der Waals surface area (Å²) in [5, 5.41) is 16.3. The van der Waals surface area contributed by atoms with Gasteiger partial charge in [0, 0.05) is 12.6 Å². The van der Waals surface area contributed by atoms with Crippen LogP contribution in [0.2, 0.25) is 0 Å². The van der Waals surface area contributed by atoms with Crippen LogP contribution in [0.4, 0.5) is 0 Å². The minimum absolute atomic E-state index is 0.0248. The molecule has 0 saturated carbocycles. The van der Waals surface area contributed by atoms with E-state index in [9.17, 15) is 19.5 Å². The fourth-order valence-corrected chi connectivity index (χ4v) is 3.18. The van der Waals surface area contributed by atoms with E-state index in [0.29, 0.717) is 17.0 Å². The number of aliphatic carboxylic acids is 1. The van der Waals surface area contributed by atoms with Gasteiger partial charge in [-0.1, -0.05) is 18.2 Å². The van der Waals surface area contributed by atoms with E-state index >= 15 is 0 Å². The fraction of sp³-hybridized carbons (Fsp3) is 0.300. The molecule has 0 aliphatic heterocycles. The molecule has 1 aromatic carbocycles. The van der Waals surface area contributed by atoms with Crippen molar-refractivity contribution in [3.05, 3.63) is 64.7 Å². The predicted molar refractivity (Wildman–Crippen MR) is 105 cm³/mol. The first-order valence-corrected chi connectivity index (χ1v) is 9.04. The molecule has 152 valence electrons. The van der Waals surface area contributed by atoms with E-state index in [4.69, 9.17) is 4.74 Å². The van der Waals surface area contributed by atoms with E-state index in [-0.39, 0.29) is 31.0 Å². The molecule has 1 unspecified atom stereocenters. The first-order chi connectivity index (χ1) is 13.8. The molecule has 1 amide bonds. The molecule has 3 aromatic rings. The second-order valence-electron chi connectivity index (χ2n) is 6.87. The van der Waals surface area contributed by atoms with Gasteiger partial charge in [-0.2, -0.15) is 0 Å². The van der Waals surface area contributed by atoms with Gasteiger partial charge >= 0.3 is 11.7 Å². The van der Waals surface area contributed by atoms with Gasteiger partial charge in [-0.25, -0.2) is 9.48 Å². The molecular weight excluding hydrogens is 376 g/mol. The summed E-state index contributed by atoms with van der Waals surface area (Å²) in [6.45, 7) is 1.72. The summed E-state index contributed by atoms with van der Waals surface area (Å²) in [5.74, 6) is -0.877. The Kier molecular flexibility index (Phi) is 5.67. The lowest BCUT2D eigenvalue weighted by Gasteiger charge is -2.30. The van der Waals surface area contributed by atoms with Crippen molar-refractivity contribution >= 4 is 17.5 Å². The fourth-order valence-electron chi connectivity index (χ4n) is 3.18. The zero-order valence-corrected chi connectivity index (χ0v) is 16.2. The number of nitrogens with one attached hydrogen (secondary N) is 1. The Morgan fingerprint density at radius 3 is 2.72 bits per heavy atom. The number of rotatable bonds is 8. The molecule has 0 bridgehead atoms. The Morgan fingerprint density at radius 1 is 1.24 bits per heavy atom. The van der Waals surface area contributed by atoms with Crippen LogP contribution in [-0.4, -0.2) is 38.3 Å². The maximum absolute atomic E-state index is 12.6. The molecule has 0 spiro atoms. The van der Waals surface area contributed by atoms with Gasteiger partial charge in [-0.15, -0.1) is 5.10 Å². The third kappa shape index (κ3) is 4.45. The maximum atomic E-state index is 12.6. The standard InChI is InChI=1S/C20H22N4O5/c1-20(13-18(26)27,14-6-5-7-15(12-14)29-2)21-17(25)9-11-24-19(28)23-10-4-3-8-16(23)22-24/h3-8,10,12H,9,11,13H2,1-2H3,(H,21,25)(H,26,27). The number of hydrogen-bond acceptors (Lipinski definition) is 5. The van der Waals surface area contributed by atoms with E-state index < -0.39 is 11.5 Å². The van der Waals surface area contributed by atoms with Gasteiger partial charge < -0.3 is 15.2 Å². The number of ether oxygens (including phenoxy) is 1. The van der Waals surface area contributed by atoms with Crippen LogP contribution in [-0.2, 0) is 21.7 Å². The summed E-state index contributed by atoms with van der Waals surface area (Å²) >= 11 is 0. The SMILES string of the molecule is COc1cccc(C(C)(CC(=O)O)NC(=O)CCn2nc3ccccn3c2=O)c1. The third-order valence-electron chi connectivity index (χ3n) is 4.67. The van der Waals surface area contributed by atoms with Gasteiger partial charge in [0.1, 0.15) is 5.75 Å². The highest BCUT2D eigenvalue weighted by atomic mass is 16.5. The average molecular weight is 398 g/mol. The van der Waals surface area contributed by atoms with E-state index in [1.807, 2.05) is 0 Å². The Labute approximate surface area is 166 Å². The summed E-state index contributed by atoms with van der Waals surface area (Å²) in [6.07, 6.45) is 1.27. The van der Waals surface area contributed by atoms with Crippen LogP contribution >= 0.6 is 0 Å². The first-order valence-electron chi connectivity index (χ1n) is 9.04. The monoisotopic (exact) mass is 398 g/mol. The van der Waals surface area contributed by atoms with Gasteiger partial charge in [0.15, 0.2) is 5.65 Å². The van der Waals surface area contributed by atoms with Crippen LogP contribution < -0.4 is 15.7 Å². The van der Waals surface area contributed by atoms with Crippen molar-refractivity contribution in [2.24, 2.45) is 0 Å². The molecule has 3 rings (SSSR count). The normalized spacial score (nSPS) is 13.0. The number of nitrogens with zero attached hydrogens (tertiary/aromatic N) is 3. The van der Waals surface area contributed by atoms with Crippen LogP contribution in [0.1, 0.15) is 25.3 Å². The average Bonchev–Trinajstić information content (AvgIpc) is 3.02. The molecule has 29 heavy (non-hydrogen) atoms. The second kappa shape index (κ2) is 8.17. The highest BCUT2D eigenvalue weighted by molar-refractivity contribution is 5.78. The zero-order valence-electron chi connectivity index (χ0n) is 16.2. The largest absolute Gasteiger partial charge is 0.497 e. The predicted octanol–water partition coefficient (Wildman–Crippen LogP) is 1.40. The van der Waals surface area contributed by atoms with Crippen molar-refractivity contribution in [3.8, 4) is 5.75 Å². The quantitative estimate of drug-likeness (QED) is 0.593. The third-order valence-corrected chi connectivity index (χ3v) is 4.67. The van der Waals surface area contributed by atoms with Crippen LogP contribution in [0.25, 0.3) is 5.65 Å². The van der Waals surface area contributed by atoms with Crippen molar-refractivity contribution in [1.29, 1.82) is 0 Å². The number of aryl methyl sites for hydroxylation is 1. The summed E-state index contributed by atoms with van der Waals surface area (Å²) in [6, 6.07) is 12.1. The molecule has 0 aliphatic carbocycles. The summed E-state index contributed by atoms with van der Waals surface area (Å²) in [7, 11) is 1.51. The van der Waals surface area contributed by atoms with Gasteiger partial charge in [0.2, 0.25) is 5.91 Å². The number of pyridine rings is 1. The van der Waals surface area contributed by atoms with Crippen molar-refractivity contribution in [2.45, 2.75) is 31.8 Å². The number of carboxylic acids is 1. The number of fused-ring (bicyclic) bond motifs is 1. The van der Waals surface area contributed by atoms with E-state index in [0.717, 1.165) is 0 Å². The minimum Gasteiger partial charge on any atom is -0.497 e. The topological polar surface area (TPSA) is 115 Å². The molecule has 0 aliphatic rings. The van der Waals surface area contributed by atoms with Gasteiger partial charge in [-0.05, 0) is 36.8 Å². The number of hydrogen-bond donors (Lipinski definition) is 2. The van der Waals surface area contributed by atoms with Crippen molar-refractivity contribution in [2.75, 3.05) is 7.11 Å². The Hall–Kier alpha value is -3.62. The number of aromatic nitrogens is 3. The van der Waals surface area contributed by atoms with Crippen molar-refractivity contribution in [3.63, 3.8) is 0 Å². The molecule has 2 aromatic heterocycles. The maximum Gasteiger partial charge on any atom is 0.350 e. The number of carbonyl (C=O) groups excluding carboxylic acids is 1. The molecule has 0 saturated heterocycles. The molecule has 2 heterocycles. The van der Waals surface area contributed by atoms with Crippen molar-refractivity contribution in [1.82, 2.24) is 19.5 Å². The summed E-state index contributed by atoms with van der Waals surface area (Å²) in [5.41, 5.74) is -0.376. The molecule has 9 nitrogen and oxygen atoms in total. The van der Waals surface area contributed by atoms with Crippen molar-refractivity contribution < 1.29 is 19.4 Å². The number of carboxylic acid groups (broad SMARTS) is 1. The Bertz CT molecular complexity index is 1100. The summed E-state index contributed by atoms with van der Waals surface area (Å²) < 4.78 is 7.81. The van der Waals surface area contributed by atoms with Crippen LogP contribution in [0.3, 0.4) is 0 Å². The van der Waals surface area contributed by atoms with E-state index in [1.54, 1.807) is 55.6 Å². The van der Waals surface area contributed by atoms with Gasteiger partial charge in [0.25, 0.3) is 0 Å². The molecular formula is C20H22N4O5. The number of methoxy groups -OCH3 is 1. The number of carbonyl (C=O) groups is 2. The Balaban J connectivity index is 1.76. The first kappa shape index (κ1) is 20.1. The Morgan fingerprint density at radius 2 is 2.03 bits per heavy atom. The molecule has 1 atom stereocenters. The number of benzene rings is 1. The molecule has 2 N–H and O–H groups in total. The van der Waals surface area contributed by atoms with Crippen LogP contribution in [0.5, 0.6) is 5.75 Å². The van der Waals surface area contributed by atoms with Crippen LogP contribution in [0.15, 0.2) is 53.5 Å². The second-order valence-corrected chi connectivity index (χ2v) is 6.87. The lowest BCUT2D eigenvalue weighted by atomic mass is 9.88. The van der Waals surface area contributed by atoms with Gasteiger partial charge in [-0.3, -0.25) is 14.0 Å². The minimum atomic E-state index is -1.14. The molecule has 0 radical (unpaired) electrons. The lowest BCUT2D eigenvalue weighted by molar-refractivity contribution is -0.139. The summed E-state index contributed by atoms with van der Waals surface area (Å²) in [4.78, 5) is 36.3. The van der Waals surface area contributed by atoms with E-state index in [2.05, 4.69) is 10.4 Å². The van der Waals surface area contributed by atoms with Crippen LogP contribution in [0, 0.1) is 0 Å². The smallest absolute Gasteiger partial charge is 0.350 e.